The van der Waals surface area contributed by atoms with E-state index in [-0.39, 0.29) is 6.04 Å². The van der Waals surface area contributed by atoms with E-state index in [1.54, 1.807) is 0 Å². The summed E-state index contributed by atoms with van der Waals surface area (Å²) in [6, 6.07) is 8.29. The number of carbonyl (C=O) groups excluding carboxylic acids is 1. The molecule has 1 aliphatic rings. The summed E-state index contributed by atoms with van der Waals surface area (Å²) in [7, 11) is 0. The molecule has 1 aliphatic heterocycles. The maximum absolute atomic E-state index is 10.9. The third-order valence-electron chi connectivity index (χ3n) is 2.67. The van der Waals surface area contributed by atoms with Crippen LogP contribution in [0.15, 0.2) is 28.7 Å². The molecule has 0 radical (unpaired) electrons. The van der Waals surface area contributed by atoms with Gasteiger partial charge in [0, 0.05) is 24.1 Å². The average molecular weight is 269 g/mol. The van der Waals surface area contributed by atoms with Gasteiger partial charge in [0.1, 0.15) is 0 Å². The zero-order chi connectivity index (χ0) is 10.7. The van der Waals surface area contributed by atoms with Crippen molar-refractivity contribution in [3.8, 4) is 0 Å². The van der Waals surface area contributed by atoms with E-state index in [9.17, 15) is 4.79 Å². The first-order valence-electron chi connectivity index (χ1n) is 4.98. The van der Waals surface area contributed by atoms with Gasteiger partial charge in [-0.3, -0.25) is 4.79 Å². The van der Waals surface area contributed by atoms with E-state index in [0.717, 1.165) is 30.5 Å². The van der Waals surface area contributed by atoms with Crippen molar-refractivity contribution in [3.63, 3.8) is 0 Å². The molecular weight excluding hydrogens is 256 g/mol. The lowest BCUT2D eigenvalue weighted by atomic mass is 10.0. The summed E-state index contributed by atoms with van der Waals surface area (Å²) in [4.78, 5) is 12.7. The molecule has 0 saturated carbocycles. The lowest BCUT2D eigenvalue weighted by Crippen LogP contribution is -2.45. The molecule has 0 aliphatic carbocycles. The second-order valence-corrected chi connectivity index (χ2v) is 4.53. The fourth-order valence-electron chi connectivity index (χ4n) is 1.84. The number of halogens is 1. The Hall–Kier alpha value is -0.870. The third kappa shape index (κ3) is 2.38. The molecular formula is C11H13BrN2O. The Morgan fingerprint density at radius 2 is 2.13 bits per heavy atom. The van der Waals surface area contributed by atoms with Crippen molar-refractivity contribution < 1.29 is 4.79 Å². The number of nitrogens with zero attached hydrogens (tertiary/aromatic N) is 1. The summed E-state index contributed by atoms with van der Waals surface area (Å²) in [5.74, 6) is 0. The van der Waals surface area contributed by atoms with Crippen molar-refractivity contribution >= 4 is 22.3 Å². The summed E-state index contributed by atoms with van der Waals surface area (Å²) in [5.41, 5.74) is 1.18. The quantitative estimate of drug-likeness (QED) is 0.826. The first-order chi connectivity index (χ1) is 7.31. The van der Waals surface area contributed by atoms with Gasteiger partial charge in [-0.2, -0.15) is 0 Å². The number of benzene rings is 1. The predicted molar refractivity (Wildman–Crippen MR) is 62.5 cm³/mol. The van der Waals surface area contributed by atoms with Crippen molar-refractivity contribution in [3.05, 3.63) is 34.3 Å². The van der Waals surface area contributed by atoms with Crippen molar-refractivity contribution in [1.82, 2.24) is 10.2 Å². The van der Waals surface area contributed by atoms with Gasteiger partial charge < -0.3 is 10.2 Å². The van der Waals surface area contributed by atoms with Crippen LogP contribution in [-0.4, -0.2) is 30.9 Å². The molecule has 0 spiro atoms. The maximum atomic E-state index is 10.9. The molecule has 1 aromatic carbocycles. The standard InChI is InChI=1S/C11H13BrN2O/c12-10-3-1-9(2-4-10)11-7-13-5-6-14(11)8-15/h1-4,8,11,13H,5-7H2/t11-/m0/s1. The maximum Gasteiger partial charge on any atom is 0.210 e. The van der Waals surface area contributed by atoms with Crippen LogP contribution >= 0.6 is 15.9 Å². The van der Waals surface area contributed by atoms with Crippen LogP contribution in [0.2, 0.25) is 0 Å². The molecule has 1 atom stereocenters. The molecule has 1 amide bonds. The summed E-state index contributed by atoms with van der Waals surface area (Å²) < 4.78 is 1.06. The van der Waals surface area contributed by atoms with Crippen LogP contribution in [0.1, 0.15) is 11.6 Å². The second-order valence-electron chi connectivity index (χ2n) is 3.61. The summed E-state index contributed by atoms with van der Waals surface area (Å²) in [6.07, 6.45) is 0.938. The minimum Gasteiger partial charge on any atom is -0.336 e. The fraction of sp³-hybridized carbons (Fsp3) is 0.364. The van der Waals surface area contributed by atoms with Gasteiger partial charge in [-0.05, 0) is 17.7 Å². The van der Waals surface area contributed by atoms with Crippen molar-refractivity contribution in [1.29, 1.82) is 0 Å². The summed E-state index contributed by atoms with van der Waals surface area (Å²) in [6.45, 7) is 2.50. The Labute approximate surface area is 97.6 Å². The molecule has 1 aromatic rings. The number of hydrogen-bond acceptors (Lipinski definition) is 2. The molecule has 0 unspecified atom stereocenters. The molecule has 0 bridgehead atoms. The highest BCUT2D eigenvalue weighted by molar-refractivity contribution is 9.10. The fourth-order valence-corrected chi connectivity index (χ4v) is 2.10. The Kier molecular flexibility index (Phi) is 3.38. The molecule has 15 heavy (non-hydrogen) atoms. The van der Waals surface area contributed by atoms with Crippen LogP contribution < -0.4 is 5.32 Å². The summed E-state index contributed by atoms with van der Waals surface area (Å²) >= 11 is 3.40. The molecule has 2 rings (SSSR count). The zero-order valence-corrected chi connectivity index (χ0v) is 9.90. The van der Waals surface area contributed by atoms with Gasteiger partial charge in [-0.25, -0.2) is 0 Å². The first kappa shape index (κ1) is 10.6. The van der Waals surface area contributed by atoms with Gasteiger partial charge >= 0.3 is 0 Å². The van der Waals surface area contributed by atoms with E-state index in [2.05, 4.69) is 33.4 Å². The normalized spacial score (nSPS) is 21.4. The van der Waals surface area contributed by atoms with Crippen LogP contribution in [0.25, 0.3) is 0 Å². The molecule has 3 nitrogen and oxygen atoms in total. The highest BCUT2D eigenvalue weighted by atomic mass is 79.9. The number of rotatable bonds is 2. The molecule has 0 aromatic heterocycles. The highest BCUT2D eigenvalue weighted by Gasteiger charge is 2.21. The lowest BCUT2D eigenvalue weighted by molar-refractivity contribution is -0.121. The molecule has 1 heterocycles. The Morgan fingerprint density at radius 3 is 2.80 bits per heavy atom. The van der Waals surface area contributed by atoms with Crippen molar-refractivity contribution in [2.45, 2.75) is 6.04 Å². The highest BCUT2D eigenvalue weighted by Crippen LogP contribution is 2.22. The average Bonchev–Trinajstić information content (AvgIpc) is 2.30. The second kappa shape index (κ2) is 4.77. The minimum absolute atomic E-state index is 0.171. The molecule has 1 saturated heterocycles. The number of carbonyl (C=O) groups is 1. The van der Waals surface area contributed by atoms with E-state index < -0.39 is 0 Å². The third-order valence-corrected chi connectivity index (χ3v) is 3.20. The monoisotopic (exact) mass is 268 g/mol. The van der Waals surface area contributed by atoms with Gasteiger partial charge in [-0.1, -0.05) is 28.1 Å². The number of nitrogens with one attached hydrogen (secondary N) is 1. The van der Waals surface area contributed by atoms with Crippen LogP contribution in [0.4, 0.5) is 0 Å². The Bertz CT molecular complexity index is 339. The van der Waals surface area contributed by atoms with Gasteiger partial charge in [0.15, 0.2) is 0 Å². The molecule has 1 N–H and O–H groups in total. The zero-order valence-electron chi connectivity index (χ0n) is 8.32. The predicted octanol–water partition coefficient (Wildman–Crippen LogP) is 1.55. The molecule has 4 heteroatoms. The summed E-state index contributed by atoms with van der Waals surface area (Å²) in [5, 5.41) is 3.30. The first-order valence-corrected chi connectivity index (χ1v) is 5.78. The number of piperazine rings is 1. The van der Waals surface area contributed by atoms with Crippen LogP contribution in [0.3, 0.4) is 0 Å². The van der Waals surface area contributed by atoms with Gasteiger partial charge in [0.05, 0.1) is 6.04 Å². The van der Waals surface area contributed by atoms with E-state index in [0.29, 0.717) is 0 Å². The van der Waals surface area contributed by atoms with E-state index in [1.807, 2.05) is 17.0 Å². The molecule has 80 valence electrons. The topological polar surface area (TPSA) is 32.3 Å². The van der Waals surface area contributed by atoms with Gasteiger partial charge in [0.2, 0.25) is 6.41 Å². The number of hydrogen-bond donors (Lipinski definition) is 1. The van der Waals surface area contributed by atoms with Crippen LogP contribution in [0, 0.1) is 0 Å². The smallest absolute Gasteiger partial charge is 0.210 e. The van der Waals surface area contributed by atoms with Crippen molar-refractivity contribution in [2.75, 3.05) is 19.6 Å². The lowest BCUT2D eigenvalue weighted by Gasteiger charge is -2.33. The van der Waals surface area contributed by atoms with E-state index in [4.69, 9.17) is 0 Å². The Balaban J connectivity index is 2.20. The minimum atomic E-state index is 0.171. The molecule has 1 fully saturated rings. The van der Waals surface area contributed by atoms with Crippen LogP contribution in [-0.2, 0) is 4.79 Å². The van der Waals surface area contributed by atoms with Crippen molar-refractivity contribution in [2.24, 2.45) is 0 Å². The van der Waals surface area contributed by atoms with E-state index >= 15 is 0 Å². The largest absolute Gasteiger partial charge is 0.336 e. The van der Waals surface area contributed by atoms with E-state index in [1.165, 1.54) is 5.56 Å². The van der Waals surface area contributed by atoms with Gasteiger partial charge in [0.25, 0.3) is 0 Å². The number of amides is 1. The van der Waals surface area contributed by atoms with Crippen LogP contribution in [0.5, 0.6) is 0 Å². The Morgan fingerprint density at radius 1 is 1.40 bits per heavy atom. The SMILES string of the molecule is O=CN1CCNC[C@H]1c1ccc(Br)cc1. The van der Waals surface area contributed by atoms with Gasteiger partial charge in [-0.15, -0.1) is 0 Å².